The molecule has 1 aromatic heterocycles. The number of nitrogens with one attached hydrogen (secondary N) is 2. The van der Waals surface area contributed by atoms with Crippen LogP contribution in [0.2, 0.25) is 0 Å². The lowest BCUT2D eigenvalue weighted by atomic mass is 10.3. The predicted octanol–water partition coefficient (Wildman–Crippen LogP) is 1.06. The molecule has 0 spiro atoms. The Morgan fingerprint density at radius 3 is 2.89 bits per heavy atom. The number of hydrogen-bond donors (Lipinski definition) is 2. The molecular weight excluding hydrogens is 232 g/mol. The highest BCUT2D eigenvalue weighted by Gasteiger charge is 2.10. The summed E-state index contributed by atoms with van der Waals surface area (Å²) in [5, 5.41) is 5.77. The van der Waals surface area contributed by atoms with E-state index in [4.69, 9.17) is 4.74 Å². The van der Waals surface area contributed by atoms with Crippen molar-refractivity contribution < 1.29 is 9.53 Å². The minimum absolute atomic E-state index is 0.0103. The van der Waals surface area contributed by atoms with E-state index in [0.29, 0.717) is 24.7 Å². The summed E-state index contributed by atoms with van der Waals surface area (Å²) >= 11 is 0. The second kappa shape index (κ2) is 7.60. The molecule has 1 amide bonds. The van der Waals surface area contributed by atoms with Gasteiger partial charge in [-0.05, 0) is 20.8 Å². The monoisotopic (exact) mass is 252 g/mol. The van der Waals surface area contributed by atoms with Crippen molar-refractivity contribution in [2.45, 2.75) is 26.9 Å². The number of nitrogens with zero attached hydrogens (tertiary/aromatic N) is 2. The smallest absolute Gasteiger partial charge is 0.271 e. The molecule has 0 aromatic carbocycles. The average molecular weight is 252 g/mol. The first-order valence-corrected chi connectivity index (χ1v) is 6.13. The predicted molar refractivity (Wildman–Crippen MR) is 69.6 cm³/mol. The van der Waals surface area contributed by atoms with E-state index in [0.717, 1.165) is 6.54 Å². The molecule has 2 N–H and O–H groups in total. The summed E-state index contributed by atoms with van der Waals surface area (Å²) < 4.78 is 5.33. The summed E-state index contributed by atoms with van der Waals surface area (Å²) in [6, 6.07) is 0. The zero-order valence-electron chi connectivity index (χ0n) is 11.1. The minimum Gasteiger partial charge on any atom is -0.377 e. The maximum Gasteiger partial charge on any atom is 0.271 e. The Balaban J connectivity index is 2.53. The molecule has 0 saturated carbocycles. The van der Waals surface area contributed by atoms with E-state index in [9.17, 15) is 4.79 Å². The fourth-order valence-corrected chi connectivity index (χ4v) is 1.41. The van der Waals surface area contributed by atoms with E-state index >= 15 is 0 Å². The maximum absolute atomic E-state index is 11.8. The Bertz CT molecular complexity index is 384. The van der Waals surface area contributed by atoms with Crippen LogP contribution in [0.1, 0.15) is 31.3 Å². The first-order chi connectivity index (χ1) is 8.67. The van der Waals surface area contributed by atoms with Crippen molar-refractivity contribution in [3.63, 3.8) is 0 Å². The molecule has 0 aliphatic heterocycles. The van der Waals surface area contributed by atoms with E-state index in [1.807, 2.05) is 20.8 Å². The van der Waals surface area contributed by atoms with E-state index in [2.05, 4.69) is 20.6 Å². The number of hydrogen-bond acceptors (Lipinski definition) is 5. The highest BCUT2D eigenvalue weighted by atomic mass is 16.5. The van der Waals surface area contributed by atoms with Crippen molar-refractivity contribution in [2.75, 3.05) is 25.0 Å². The van der Waals surface area contributed by atoms with Gasteiger partial charge in [-0.2, -0.15) is 0 Å². The molecule has 0 saturated heterocycles. The average Bonchev–Trinajstić information content (AvgIpc) is 2.37. The summed E-state index contributed by atoms with van der Waals surface area (Å²) in [6.07, 6.45) is 3.02. The van der Waals surface area contributed by atoms with Crippen molar-refractivity contribution in [1.29, 1.82) is 0 Å². The number of rotatable bonds is 7. The third-order valence-corrected chi connectivity index (χ3v) is 2.23. The zero-order chi connectivity index (χ0) is 13.4. The van der Waals surface area contributed by atoms with Crippen molar-refractivity contribution in [1.82, 2.24) is 15.3 Å². The molecule has 1 rings (SSSR count). The normalized spacial score (nSPS) is 11.9. The van der Waals surface area contributed by atoms with Gasteiger partial charge in [0.25, 0.3) is 5.91 Å². The van der Waals surface area contributed by atoms with Gasteiger partial charge in [-0.1, -0.05) is 0 Å². The van der Waals surface area contributed by atoms with E-state index in [-0.39, 0.29) is 12.0 Å². The first kappa shape index (κ1) is 14.4. The molecule has 1 heterocycles. The lowest BCUT2D eigenvalue weighted by Crippen LogP contribution is -2.32. The van der Waals surface area contributed by atoms with Crippen LogP contribution < -0.4 is 10.6 Å². The Morgan fingerprint density at radius 1 is 1.44 bits per heavy atom. The highest BCUT2D eigenvalue weighted by molar-refractivity contribution is 5.92. The van der Waals surface area contributed by atoms with Crippen LogP contribution in [0, 0.1) is 0 Å². The first-order valence-electron chi connectivity index (χ1n) is 6.13. The molecule has 0 fully saturated rings. The van der Waals surface area contributed by atoms with Crippen LogP contribution in [0.4, 0.5) is 5.82 Å². The van der Waals surface area contributed by atoms with E-state index < -0.39 is 0 Å². The molecule has 1 unspecified atom stereocenters. The van der Waals surface area contributed by atoms with Crippen molar-refractivity contribution in [2.24, 2.45) is 0 Å². The maximum atomic E-state index is 11.8. The molecule has 1 atom stereocenters. The fraction of sp³-hybridized carbons (Fsp3) is 0.583. The third-order valence-electron chi connectivity index (χ3n) is 2.23. The SMILES string of the molecule is CCNc1cncc(C(=O)NCC(C)OCC)n1. The molecule has 100 valence electrons. The largest absolute Gasteiger partial charge is 0.377 e. The number of amides is 1. The van der Waals surface area contributed by atoms with Gasteiger partial charge in [0, 0.05) is 19.7 Å². The third kappa shape index (κ3) is 4.67. The molecule has 0 radical (unpaired) electrons. The lowest BCUT2D eigenvalue weighted by Gasteiger charge is -2.12. The van der Waals surface area contributed by atoms with Crippen LogP contribution >= 0.6 is 0 Å². The van der Waals surface area contributed by atoms with Gasteiger partial charge in [-0.15, -0.1) is 0 Å². The van der Waals surface area contributed by atoms with Crippen LogP contribution in [0.5, 0.6) is 0 Å². The number of ether oxygens (including phenoxy) is 1. The van der Waals surface area contributed by atoms with Crippen molar-refractivity contribution in [3.05, 3.63) is 18.1 Å². The standard InChI is InChI=1S/C12H20N4O2/c1-4-14-11-8-13-7-10(16-11)12(17)15-6-9(3)18-5-2/h7-9H,4-6H2,1-3H3,(H,14,16)(H,15,17). The molecule has 0 bridgehead atoms. The van der Waals surface area contributed by atoms with Crippen LogP contribution in [0.25, 0.3) is 0 Å². The zero-order valence-corrected chi connectivity index (χ0v) is 11.1. The van der Waals surface area contributed by atoms with Gasteiger partial charge in [-0.3, -0.25) is 9.78 Å². The summed E-state index contributed by atoms with van der Waals surface area (Å²) in [5.74, 6) is 0.358. The van der Waals surface area contributed by atoms with Crippen LogP contribution in [0.15, 0.2) is 12.4 Å². The Morgan fingerprint density at radius 2 is 2.22 bits per heavy atom. The Labute approximate surface area is 107 Å². The van der Waals surface area contributed by atoms with Crippen LogP contribution in [-0.2, 0) is 4.74 Å². The van der Waals surface area contributed by atoms with Gasteiger partial charge in [0.1, 0.15) is 11.5 Å². The molecule has 1 aromatic rings. The van der Waals surface area contributed by atoms with Crippen LogP contribution in [0.3, 0.4) is 0 Å². The summed E-state index contributed by atoms with van der Waals surface area (Å²) in [4.78, 5) is 19.9. The topological polar surface area (TPSA) is 76.1 Å². The minimum atomic E-state index is -0.242. The fourth-order valence-electron chi connectivity index (χ4n) is 1.41. The Hall–Kier alpha value is -1.69. The number of aromatic nitrogens is 2. The number of anilines is 1. The quantitative estimate of drug-likeness (QED) is 0.759. The number of carbonyl (C=O) groups is 1. The molecule has 0 aliphatic carbocycles. The van der Waals surface area contributed by atoms with Gasteiger partial charge >= 0.3 is 0 Å². The summed E-state index contributed by atoms with van der Waals surface area (Å²) in [5.41, 5.74) is 0.303. The summed E-state index contributed by atoms with van der Waals surface area (Å²) in [6.45, 7) is 7.61. The van der Waals surface area contributed by atoms with E-state index in [1.54, 1.807) is 6.20 Å². The molecule has 18 heavy (non-hydrogen) atoms. The van der Waals surface area contributed by atoms with Gasteiger partial charge in [0.05, 0.1) is 18.5 Å². The Kier molecular flexibility index (Phi) is 6.07. The molecular formula is C12H20N4O2. The second-order valence-corrected chi connectivity index (χ2v) is 3.80. The highest BCUT2D eigenvalue weighted by Crippen LogP contribution is 2.01. The van der Waals surface area contributed by atoms with Crippen LogP contribution in [-0.4, -0.2) is 41.7 Å². The number of carbonyl (C=O) groups excluding carboxylic acids is 1. The molecule has 6 nitrogen and oxygen atoms in total. The van der Waals surface area contributed by atoms with Gasteiger partial charge in [0.2, 0.25) is 0 Å². The molecule has 6 heteroatoms. The van der Waals surface area contributed by atoms with Crippen molar-refractivity contribution >= 4 is 11.7 Å². The van der Waals surface area contributed by atoms with Gasteiger partial charge in [-0.25, -0.2) is 4.98 Å². The van der Waals surface area contributed by atoms with Crippen molar-refractivity contribution in [3.8, 4) is 0 Å². The molecule has 0 aliphatic rings. The van der Waals surface area contributed by atoms with E-state index in [1.165, 1.54) is 6.20 Å². The summed E-state index contributed by atoms with van der Waals surface area (Å²) in [7, 11) is 0. The lowest BCUT2D eigenvalue weighted by molar-refractivity contribution is 0.0693. The van der Waals surface area contributed by atoms with Gasteiger partial charge in [0.15, 0.2) is 0 Å². The second-order valence-electron chi connectivity index (χ2n) is 3.80. The van der Waals surface area contributed by atoms with Gasteiger partial charge < -0.3 is 15.4 Å².